The molecule has 0 aliphatic rings. The number of nitrogens with one attached hydrogen (secondary N) is 2. The van der Waals surface area contributed by atoms with E-state index in [1.165, 1.54) is 0 Å². The van der Waals surface area contributed by atoms with Crippen molar-refractivity contribution in [1.29, 1.82) is 0 Å². The number of carbonyl (C=O) groups excluding carboxylic acids is 1. The van der Waals surface area contributed by atoms with Crippen molar-refractivity contribution in [3.05, 3.63) is 30.3 Å². The van der Waals surface area contributed by atoms with E-state index in [4.69, 9.17) is 0 Å². The molecule has 0 unspecified atom stereocenters. The Kier molecular flexibility index (Phi) is 5.44. The number of carbonyl (C=O) groups is 1. The minimum atomic E-state index is -3.95. The van der Waals surface area contributed by atoms with E-state index < -0.39 is 16.3 Å². The standard InChI is InChI=1S/C11H16N2O4S/c1-2-3-9-17-11(14)13-18(15,16)12-10-7-5-4-6-8-10/h4-8,12H,2-3,9H2,1H3,(H,13,14). The highest BCUT2D eigenvalue weighted by atomic mass is 32.2. The molecule has 0 aromatic heterocycles. The van der Waals surface area contributed by atoms with Crippen molar-refractivity contribution in [2.24, 2.45) is 0 Å². The van der Waals surface area contributed by atoms with Crippen molar-refractivity contribution in [2.45, 2.75) is 19.8 Å². The van der Waals surface area contributed by atoms with Crippen LogP contribution in [0, 0.1) is 0 Å². The number of hydrogen-bond donors (Lipinski definition) is 2. The van der Waals surface area contributed by atoms with Crippen LogP contribution in [0.4, 0.5) is 10.5 Å². The molecule has 0 spiro atoms. The van der Waals surface area contributed by atoms with Gasteiger partial charge >= 0.3 is 16.3 Å². The maximum absolute atomic E-state index is 11.5. The average molecular weight is 272 g/mol. The van der Waals surface area contributed by atoms with Crippen LogP contribution in [-0.2, 0) is 14.9 Å². The molecule has 1 rings (SSSR count). The molecule has 7 heteroatoms. The van der Waals surface area contributed by atoms with E-state index in [9.17, 15) is 13.2 Å². The van der Waals surface area contributed by atoms with Crippen molar-refractivity contribution < 1.29 is 17.9 Å². The zero-order chi connectivity index (χ0) is 13.4. The monoisotopic (exact) mass is 272 g/mol. The second-order valence-electron chi connectivity index (χ2n) is 3.56. The van der Waals surface area contributed by atoms with E-state index in [1.807, 2.05) is 6.92 Å². The van der Waals surface area contributed by atoms with Crippen LogP contribution in [0.1, 0.15) is 19.8 Å². The van der Waals surface area contributed by atoms with Gasteiger partial charge < -0.3 is 4.74 Å². The van der Waals surface area contributed by atoms with Crippen LogP contribution in [0.5, 0.6) is 0 Å². The molecule has 100 valence electrons. The van der Waals surface area contributed by atoms with Crippen molar-refractivity contribution in [2.75, 3.05) is 11.3 Å². The van der Waals surface area contributed by atoms with E-state index in [0.29, 0.717) is 12.1 Å². The molecule has 18 heavy (non-hydrogen) atoms. The average Bonchev–Trinajstić information content (AvgIpc) is 2.29. The van der Waals surface area contributed by atoms with Gasteiger partial charge in [0.15, 0.2) is 0 Å². The molecule has 1 aromatic rings. The molecule has 2 N–H and O–H groups in total. The summed E-state index contributed by atoms with van der Waals surface area (Å²) in [5.41, 5.74) is 0.367. The number of anilines is 1. The summed E-state index contributed by atoms with van der Waals surface area (Å²) < 4.78 is 31.7. The molecule has 0 fully saturated rings. The van der Waals surface area contributed by atoms with Crippen LogP contribution in [0.2, 0.25) is 0 Å². The number of para-hydroxylation sites is 1. The number of benzene rings is 1. The first-order valence-electron chi connectivity index (χ1n) is 5.56. The highest BCUT2D eigenvalue weighted by Gasteiger charge is 2.14. The van der Waals surface area contributed by atoms with E-state index in [0.717, 1.165) is 6.42 Å². The Morgan fingerprint density at radius 3 is 2.56 bits per heavy atom. The second kappa shape index (κ2) is 6.85. The molecule has 0 atom stereocenters. The summed E-state index contributed by atoms with van der Waals surface area (Å²) >= 11 is 0. The number of rotatable bonds is 6. The Labute approximate surface area is 107 Å². The minimum Gasteiger partial charge on any atom is -0.449 e. The molecule has 1 aromatic carbocycles. The summed E-state index contributed by atoms with van der Waals surface area (Å²) in [7, 11) is -3.95. The largest absolute Gasteiger partial charge is 0.449 e. The van der Waals surface area contributed by atoms with Crippen molar-refractivity contribution in [1.82, 2.24) is 4.72 Å². The molecule has 0 radical (unpaired) electrons. The van der Waals surface area contributed by atoms with Gasteiger partial charge in [-0.25, -0.2) is 9.52 Å². The van der Waals surface area contributed by atoms with Gasteiger partial charge in [0.1, 0.15) is 0 Å². The lowest BCUT2D eigenvalue weighted by Gasteiger charge is -2.09. The highest BCUT2D eigenvalue weighted by molar-refractivity contribution is 7.91. The predicted molar refractivity (Wildman–Crippen MR) is 68.4 cm³/mol. The maximum atomic E-state index is 11.5. The van der Waals surface area contributed by atoms with Crippen LogP contribution in [0.25, 0.3) is 0 Å². The third-order valence-corrected chi connectivity index (χ3v) is 2.91. The van der Waals surface area contributed by atoms with Gasteiger partial charge in [-0.3, -0.25) is 4.72 Å². The first-order chi connectivity index (χ1) is 8.53. The van der Waals surface area contributed by atoms with Gasteiger partial charge in [0, 0.05) is 0 Å². The van der Waals surface area contributed by atoms with E-state index in [1.54, 1.807) is 35.1 Å². The smallest absolute Gasteiger partial charge is 0.422 e. The Morgan fingerprint density at radius 1 is 1.28 bits per heavy atom. The van der Waals surface area contributed by atoms with Crippen LogP contribution < -0.4 is 9.44 Å². The summed E-state index contributed by atoms with van der Waals surface area (Å²) in [5, 5.41) is 0. The van der Waals surface area contributed by atoms with Gasteiger partial charge in [-0.15, -0.1) is 0 Å². The van der Waals surface area contributed by atoms with Gasteiger partial charge in [0.2, 0.25) is 0 Å². The van der Waals surface area contributed by atoms with E-state index in [-0.39, 0.29) is 6.61 Å². The van der Waals surface area contributed by atoms with E-state index in [2.05, 4.69) is 9.46 Å². The summed E-state index contributed by atoms with van der Waals surface area (Å²) in [6, 6.07) is 8.25. The molecule has 0 saturated heterocycles. The third-order valence-electron chi connectivity index (χ3n) is 1.97. The second-order valence-corrected chi connectivity index (χ2v) is 4.98. The van der Waals surface area contributed by atoms with Crippen LogP contribution in [0.15, 0.2) is 30.3 Å². The lowest BCUT2D eigenvalue weighted by Crippen LogP contribution is -2.35. The zero-order valence-corrected chi connectivity index (χ0v) is 10.9. The molecule has 6 nitrogen and oxygen atoms in total. The number of hydrogen-bond acceptors (Lipinski definition) is 4. The third kappa shape index (κ3) is 5.53. The quantitative estimate of drug-likeness (QED) is 0.774. The summed E-state index contributed by atoms with van der Waals surface area (Å²) in [6.07, 6.45) is 0.578. The highest BCUT2D eigenvalue weighted by Crippen LogP contribution is 2.06. The topological polar surface area (TPSA) is 84.5 Å². The number of unbranched alkanes of at least 4 members (excludes halogenated alkanes) is 1. The summed E-state index contributed by atoms with van der Waals surface area (Å²) in [5.74, 6) is 0. The fraction of sp³-hybridized carbons (Fsp3) is 0.364. The summed E-state index contributed by atoms with van der Waals surface area (Å²) in [4.78, 5) is 11.2. The lowest BCUT2D eigenvalue weighted by molar-refractivity contribution is 0.151. The fourth-order valence-corrected chi connectivity index (χ4v) is 1.91. The fourth-order valence-electron chi connectivity index (χ4n) is 1.14. The van der Waals surface area contributed by atoms with Crippen LogP contribution in [-0.4, -0.2) is 21.1 Å². The van der Waals surface area contributed by atoms with Crippen LogP contribution in [0.3, 0.4) is 0 Å². The normalized spacial score (nSPS) is 10.7. The predicted octanol–water partition coefficient (Wildman–Crippen LogP) is 1.87. The first kappa shape index (κ1) is 14.3. The molecule has 0 saturated carbocycles. The van der Waals surface area contributed by atoms with E-state index >= 15 is 0 Å². The molecule has 0 aliphatic carbocycles. The number of amides is 1. The lowest BCUT2D eigenvalue weighted by atomic mass is 10.3. The molecule has 1 amide bonds. The minimum absolute atomic E-state index is 0.198. The molecule has 0 heterocycles. The molecule has 0 aliphatic heterocycles. The Morgan fingerprint density at radius 2 is 1.94 bits per heavy atom. The molecule has 0 bridgehead atoms. The van der Waals surface area contributed by atoms with Gasteiger partial charge in [-0.05, 0) is 18.6 Å². The number of ether oxygens (including phenoxy) is 1. The van der Waals surface area contributed by atoms with Gasteiger partial charge in [-0.2, -0.15) is 8.42 Å². The van der Waals surface area contributed by atoms with Crippen molar-refractivity contribution >= 4 is 22.0 Å². The molecular formula is C11H16N2O4S. The van der Waals surface area contributed by atoms with Gasteiger partial charge in [0.25, 0.3) is 0 Å². The Balaban J connectivity index is 2.47. The van der Waals surface area contributed by atoms with Gasteiger partial charge in [0.05, 0.1) is 12.3 Å². The maximum Gasteiger partial charge on any atom is 0.422 e. The molecular weight excluding hydrogens is 256 g/mol. The Hall–Kier alpha value is -1.76. The Bertz CT molecular complexity index is 473. The van der Waals surface area contributed by atoms with Crippen molar-refractivity contribution in [3.63, 3.8) is 0 Å². The van der Waals surface area contributed by atoms with Crippen LogP contribution >= 0.6 is 0 Å². The van der Waals surface area contributed by atoms with Crippen molar-refractivity contribution in [3.8, 4) is 0 Å². The summed E-state index contributed by atoms with van der Waals surface area (Å²) in [6.45, 7) is 2.14. The first-order valence-corrected chi connectivity index (χ1v) is 7.04. The zero-order valence-electron chi connectivity index (χ0n) is 10.0. The van der Waals surface area contributed by atoms with Gasteiger partial charge in [-0.1, -0.05) is 31.5 Å². The SMILES string of the molecule is CCCCOC(=O)NS(=O)(=O)Nc1ccccc1.